The van der Waals surface area contributed by atoms with Crippen LogP contribution >= 0.6 is 0 Å². The van der Waals surface area contributed by atoms with Gasteiger partial charge in [0, 0.05) is 30.8 Å². The highest BCUT2D eigenvalue weighted by Gasteiger charge is 2.08. The standard InChI is InChI=1S/C21H22N2O4/c1-14(2)11-20(25)23-18-9-7-16(8-10-18)13-22-21(26)17-5-4-6-19(12-17)27-15(3)24/h4-12H,13H2,1-3H3,(H,22,26)(H,23,25). The van der Waals surface area contributed by atoms with Crippen molar-refractivity contribution in [2.75, 3.05) is 5.32 Å². The van der Waals surface area contributed by atoms with Crippen LogP contribution in [-0.4, -0.2) is 17.8 Å². The number of carbonyl (C=O) groups is 3. The van der Waals surface area contributed by atoms with Crippen LogP contribution in [0.1, 0.15) is 36.7 Å². The fraction of sp³-hybridized carbons (Fsp3) is 0.190. The number of ether oxygens (including phenoxy) is 1. The number of rotatable bonds is 6. The fourth-order valence-corrected chi connectivity index (χ4v) is 2.30. The molecule has 27 heavy (non-hydrogen) atoms. The summed E-state index contributed by atoms with van der Waals surface area (Å²) in [4.78, 5) is 35.0. The molecule has 0 spiro atoms. The third-order valence-corrected chi connectivity index (χ3v) is 3.45. The molecule has 0 bridgehead atoms. The van der Waals surface area contributed by atoms with Crippen molar-refractivity contribution in [3.63, 3.8) is 0 Å². The van der Waals surface area contributed by atoms with Crippen LogP contribution in [0.3, 0.4) is 0 Å². The smallest absolute Gasteiger partial charge is 0.308 e. The van der Waals surface area contributed by atoms with Crippen LogP contribution in [0.2, 0.25) is 0 Å². The van der Waals surface area contributed by atoms with E-state index in [1.54, 1.807) is 30.3 Å². The minimum atomic E-state index is -0.440. The fourth-order valence-electron chi connectivity index (χ4n) is 2.30. The lowest BCUT2D eigenvalue weighted by atomic mass is 10.1. The molecule has 2 N–H and O–H groups in total. The van der Waals surface area contributed by atoms with Crippen molar-refractivity contribution >= 4 is 23.5 Å². The van der Waals surface area contributed by atoms with E-state index in [0.717, 1.165) is 11.1 Å². The third-order valence-electron chi connectivity index (χ3n) is 3.45. The van der Waals surface area contributed by atoms with Gasteiger partial charge < -0.3 is 15.4 Å². The van der Waals surface area contributed by atoms with Crippen LogP contribution in [0.25, 0.3) is 0 Å². The van der Waals surface area contributed by atoms with Crippen LogP contribution in [0.4, 0.5) is 5.69 Å². The van der Waals surface area contributed by atoms with Crippen molar-refractivity contribution in [1.82, 2.24) is 5.32 Å². The highest BCUT2D eigenvalue weighted by atomic mass is 16.5. The molecule has 0 radical (unpaired) electrons. The maximum Gasteiger partial charge on any atom is 0.308 e. The first-order valence-corrected chi connectivity index (χ1v) is 8.45. The molecule has 0 saturated heterocycles. The maximum atomic E-state index is 12.3. The topological polar surface area (TPSA) is 84.5 Å². The Bertz CT molecular complexity index is 866. The van der Waals surface area contributed by atoms with Crippen molar-refractivity contribution in [1.29, 1.82) is 0 Å². The molecule has 140 valence electrons. The monoisotopic (exact) mass is 366 g/mol. The number of allylic oxidation sites excluding steroid dienone is 1. The molecule has 2 aromatic carbocycles. The third kappa shape index (κ3) is 6.78. The zero-order valence-electron chi connectivity index (χ0n) is 15.5. The van der Waals surface area contributed by atoms with Crippen molar-refractivity contribution in [2.24, 2.45) is 0 Å². The van der Waals surface area contributed by atoms with Crippen LogP contribution in [-0.2, 0) is 16.1 Å². The van der Waals surface area contributed by atoms with Crippen molar-refractivity contribution in [3.8, 4) is 5.75 Å². The molecule has 0 atom stereocenters. The highest BCUT2D eigenvalue weighted by Crippen LogP contribution is 2.14. The SMILES string of the molecule is CC(=O)Oc1cccc(C(=O)NCc2ccc(NC(=O)C=C(C)C)cc2)c1. The molecule has 2 aromatic rings. The number of amides is 2. The second-order valence-corrected chi connectivity index (χ2v) is 6.21. The van der Waals surface area contributed by atoms with Gasteiger partial charge in [-0.2, -0.15) is 0 Å². The lowest BCUT2D eigenvalue weighted by Gasteiger charge is -2.08. The first-order chi connectivity index (χ1) is 12.8. The van der Waals surface area contributed by atoms with Crippen molar-refractivity contribution in [3.05, 3.63) is 71.3 Å². The molecule has 2 rings (SSSR count). The van der Waals surface area contributed by atoms with Crippen molar-refractivity contribution in [2.45, 2.75) is 27.3 Å². The first-order valence-electron chi connectivity index (χ1n) is 8.45. The zero-order chi connectivity index (χ0) is 19.8. The molecule has 6 nitrogen and oxygen atoms in total. The second kappa shape index (κ2) is 9.33. The molecule has 0 aliphatic carbocycles. The molecule has 0 fully saturated rings. The predicted molar refractivity (Wildman–Crippen MR) is 103 cm³/mol. The molecule has 0 saturated carbocycles. The minimum Gasteiger partial charge on any atom is -0.427 e. The van der Waals surface area contributed by atoms with Gasteiger partial charge in [-0.3, -0.25) is 14.4 Å². The highest BCUT2D eigenvalue weighted by molar-refractivity contribution is 5.99. The quantitative estimate of drug-likeness (QED) is 0.466. The van der Waals surface area contributed by atoms with Gasteiger partial charge >= 0.3 is 5.97 Å². The summed E-state index contributed by atoms with van der Waals surface area (Å²) >= 11 is 0. The Morgan fingerprint density at radius 3 is 2.33 bits per heavy atom. The Hall–Kier alpha value is -3.41. The number of benzene rings is 2. The van der Waals surface area contributed by atoms with Crippen LogP contribution < -0.4 is 15.4 Å². The lowest BCUT2D eigenvalue weighted by Crippen LogP contribution is -2.22. The average molecular weight is 366 g/mol. The van der Waals surface area contributed by atoms with Gasteiger partial charge in [-0.05, 0) is 49.7 Å². The van der Waals surface area contributed by atoms with E-state index in [1.807, 2.05) is 26.0 Å². The van der Waals surface area contributed by atoms with Crippen molar-refractivity contribution < 1.29 is 19.1 Å². The van der Waals surface area contributed by atoms with E-state index in [-0.39, 0.29) is 11.8 Å². The van der Waals surface area contributed by atoms with E-state index >= 15 is 0 Å². The van der Waals surface area contributed by atoms with Crippen LogP contribution in [0.5, 0.6) is 5.75 Å². The summed E-state index contributed by atoms with van der Waals surface area (Å²) in [6, 6.07) is 13.6. The summed E-state index contributed by atoms with van der Waals surface area (Å²) in [6.07, 6.45) is 1.53. The van der Waals surface area contributed by atoms with E-state index in [1.165, 1.54) is 19.1 Å². The predicted octanol–water partition coefficient (Wildman–Crippen LogP) is 3.45. The molecule has 0 aliphatic heterocycles. The number of carbonyl (C=O) groups excluding carboxylic acids is 3. The Morgan fingerprint density at radius 2 is 1.70 bits per heavy atom. The maximum absolute atomic E-state index is 12.3. The molecular weight excluding hydrogens is 344 g/mol. The second-order valence-electron chi connectivity index (χ2n) is 6.21. The average Bonchev–Trinajstić information content (AvgIpc) is 2.59. The summed E-state index contributed by atoms with van der Waals surface area (Å²) < 4.78 is 4.98. The van der Waals surface area contributed by atoms with E-state index in [2.05, 4.69) is 10.6 Å². The largest absolute Gasteiger partial charge is 0.427 e. The molecule has 0 aliphatic rings. The number of nitrogens with one attached hydrogen (secondary N) is 2. The van der Waals surface area contributed by atoms with Crippen LogP contribution in [0.15, 0.2) is 60.2 Å². The number of hydrogen-bond donors (Lipinski definition) is 2. The van der Waals surface area contributed by atoms with E-state index in [4.69, 9.17) is 4.74 Å². The van der Waals surface area contributed by atoms with Gasteiger partial charge in [0.25, 0.3) is 5.91 Å². The van der Waals surface area contributed by atoms with Gasteiger partial charge in [-0.15, -0.1) is 0 Å². The van der Waals surface area contributed by atoms with E-state index < -0.39 is 5.97 Å². The van der Waals surface area contributed by atoms with Crippen LogP contribution in [0, 0.1) is 0 Å². The summed E-state index contributed by atoms with van der Waals surface area (Å²) in [5, 5.41) is 5.57. The van der Waals surface area contributed by atoms with Gasteiger partial charge in [0.05, 0.1) is 0 Å². The van der Waals surface area contributed by atoms with E-state index in [9.17, 15) is 14.4 Å². The summed E-state index contributed by atoms with van der Waals surface area (Å²) in [5.74, 6) is -0.565. The summed E-state index contributed by atoms with van der Waals surface area (Å²) in [7, 11) is 0. The van der Waals surface area contributed by atoms with E-state index in [0.29, 0.717) is 23.5 Å². The first kappa shape index (κ1) is 19.9. The zero-order valence-corrected chi connectivity index (χ0v) is 15.5. The number of esters is 1. The summed E-state index contributed by atoms with van der Waals surface area (Å²) in [5.41, 5.74) is 2.89. The molecule has 0 unspecified atom stereocenters. The normalized spacial score (nSPS) is 9.89. The van der Waals surface area contributed by atoms with Gasteiger partial charge in [-0.25, -0.2) is 0 Å². The Morgan fingerprint density at radius 1 is 1.00 bits per heavy atom. The number of hydrogen-bond acceptors (Lipinski definition) is 4. The summed E-state index contributed by atoms with van der Waals surface area (Å²) in [6.45, 7) is 5.35. The Labute approximate surface area is 158 Å². The molecule has 6 heteroatoms. The molecule has 0 heterocycles. The molecular formula is C21H22N2O4. The molecule has 2 amide bonds. The van der Waals surface area contributed by atoms with Gasteiger partial charge in [0.15, 0.2) is 0 Å². The number of anilines is 1. The Kier molecular flexibility index (Phi) is 6.88. The Balaban J connectivity index is 1.92. The minimum absolute atomic E-state index is 0.177. The molecule has 0 aromatic heterocycles. The van der Waals surface area contributed by atoms with Gasteiger partial charge in [-0.1, -0.05) is 23.8 Å². The van der Waals surface area contributed by atoms with Gasteiger partial charge in [0.1, 0.15) is 5.75 Å². The lowest BCUT2D eigenvalue weighted by molar-refractivity contribution is -0.131. The van der Waals surface area contributed by atoms with Gasteiger partial charge in [0.2, 0.25) is 5.91 Å².